The van der Waals surface area contributed by atoms with Crippen LogP contribution in [-0.2, 0) is 5.75 Å². The quantitative estimate of drug-likeness (QED) is 0.487. The molecule has 2 heterocycles. The molecule has 0 atom stereocenters. The van der Waals surface area contributed by atoms with E-state index in [0.29, 0.717) is 5.15 Å². The van der Waals surface area contributed by atoms with E-state index in [1.807, 2.05) is 32.9 Å². The van der Waals surface area contributed by atoms with Crippen molar-refractivity contribution in [2.45, 2.75) is 31.7 Å². The number of hydrogen-bond donors (Lipinski definition) is 0. The first-order valence-corrected chi connectivity index (χ1v) is 6.98. The molecule has 94 valence electrons. The Kier molecular flexibility index (Phi) is 4.19. The summed E-state index contributed by atoms with van der Waals surface area (Å²) in [6, 6.07) is 5.62. The second-order valence-corrected chi connectivity index (χ2v) is 5.37. The Morgan fingerprint density at radius 1 is 1.06 bits per heavy atom. The fourth-order valence-corrected chi connectivity index (χ4v) is 2.50. The fourth-order valence-electron chi connectivity index (χ4n) is 1.48. The van der Waals surface area contributed by atoms with Crippen LogP contribution in [0.25, 0.3) is 0 Å². The molecule has 0 fully saturated rings. The van der Waals surface area contributed by atoms with E-state index in [0.717, 1.165) is 33.6 Å². The minimum atomic E-state index is 0.519. The molecule has 0 aliphatic heterocycles. The molecule has 2 rings (SSSR count). The van der Waals surface area contributed by atoms with Crippen LogP contribution in [-0.4, -0.2) is 15.0 Å². The molecule has 2 aromatic heterocycles. The van der Waals surface area contributed by atoms with Crippen LogP contribution in [0.2, 0.25) is 5.15 Å². The Hall–Kier alpha value is -1.13. The first-order chi connectivity index (χ1) is 8.56. The van der Waals surface area contributed by atoms with Gasteiger partial charge in [0.15, 0.2) is 5.16 Å². The van der Waals surface area contributed by atoms with Crippen molar-refractivity contribution >= 4 is 23.4 Å². The van der Waals surface area contributed by atoms with Crippen LogP contribution < -0.4 is 0 Å². The molecule has 0 N–H and O–H groups in total. The van der Waals surface area contributed by atoms with Crippen LogP contribution in [0.4, 0.5) is 0 Å². The topological polar surface area (TPSA) is 38.7 Å². The van der Waals surface area contributed by atoms with Gasteiger partial charge in [-0.3, -0.25) is 0 Å². The lowest BCUT2D eigenvalue weighted by atomic mass is 10.2. The minimum Gasteiger partial charge on any atom is -0.240 e. The minimum absolute atomic E-state index is 0.519. The molecule has 3 nitrogen and oxygen atoms in total. The Morgan fingerprint density at radius 3 is 2.33 bits per heavy atom. The second kappa shape index (κ2) is 5.67. The fraction of sp³-hybridized carbons (Fsp3) is 0.308. The van der Waals surface area contributed by atoms with Crippen LogP contribution in [0.3, 0.4) is 0 Å². The number of hydrogen-bond acceptors (Lipinski definition) is 4. The zero-order valence-electron chi connectivity index (χ0n) is 10.6. The number of rotatable bonds is 3. The summed E-state index contributed by atoms with van der Waals surface area (Å²) < 4.78 is 0. The van der Waals surface area contributed by atoms with Gasteiger partial charge in [-0.25, -0.2) is 15.0 Å². The number of pyridine rings is 1. The smallest absolute Gasteiger partial charge is 0.188 e. The number of aromatic nitrogens is 3. The molecule has 0 unspecified atom stereocenters. The first-order valence-electron chi connectivity index (χ1n) is 5.62. The molecule has 18 heavy (non-hydrogen) atoms. The summed E-state index contributed by atoms with van der Waals surface area (Å²) in [5.74, 6) is 0.725. The highest BCUT2D eigenvalue weighted by molar-refractivity contribution is 7.98. The average Bonchev–Trinajstić information content (AvgIpc) is 2.33. The summed E-state index contributed by atoms with van der Waals surface area (Å²) >= 11 is 7.42. The summed E-state index contributed by atoms with van der Waals surface area (Å²) in [6.07, 6.45) is 0. The third kappa shape index (κ3) is 3.21. The molecule has 2 aromatic rings. The van der Waals surface area contributed by atoms with Crippen LogP contribution in [0.1, 0.15) is 22.6 Å². The number of thioether (sulfide) groups is 1. The van der Waals surface area contributed by atoms with Gasteiger partial charge in [-0.1, -0.05) is 29.4 Å². The maximum Gasteiger partial charge on any atom is 0.188 e. The Morgan fingerprint density at radius 2 is 1.72 bits per heavy atom. The van der Waals surface area contributed by atoms with Crippen LogP contribution >= 0.6 is 23.4 Å². The first kappa shape index (κ1) is 13.3. The monoisotopic (exact) mass is 279 g/mol. The van der Waals surface area contributed by atoms with E-state index >= 15 is 0 Å². The van der Waals surface area contributed by atoms with Crippen LogP contribution in [0.15, 0.2) is 23.4 Å². The molecule has 0 bridgehead atoms. The number of aryl methyl sites for hydroxylation is 2. The summed E-state index contributed by atoms with van der Waals surface area (Å²) in [5.41, 5.74) is 4.15. The van der Waals surface area contributed by atoms with Gasteiger partial charge in [-0.2, -0.15) is 0 Å². The van der Waals surface area contributed by atoms with E-state index in [1.54, 1.807) is 17.8 Å². The molecule has 0 amide bonds. The summed E-state index contributed by atoms with van der Waals surface area (Å²) in [6.45, 7) is 6.05. The van der Waals surface area contributed by atoms with Gasteiger partial charge in [0.1, 0.15) is 5.15 Å². The van der Waals surface area contributed by atoms with E-state index in [9.17, 15) is 0 Å². The Labute approximate surface area is 116 Å². The van der Waals surface area contributed by atoms with Gasteiger partial charge in [0.25, 0.3) is 0 Å². The average molecular weight is 280 g/mol. The maximum absolute atomic E-state index is 5.85. The predicted octanol–water partition coefficient (Wildman–Crippen LogP) is 3.74. The van der Waals surface area contributed by atoms with Crippen molar-refractivity contribution in [3.63, 3.8) is 0 Å². The predicted molar refractivity (Wildman–Crippen MR) is 75.1 cm³/mol. The van der Waals surface area contributed by atoms with Crippen molar-refractivity contribution in [3.05, 3.63) is 46.0 Å². The number of halogens is 1. The van der Waals surface area contributed by atoms with Crippen molar-refractivity contribution in [3.8, 4) is 0 Å². The zero-order valence-corrected chi connectivity index (χ0v) is 12.1. The van der Waals surface area contributed by atoms with E-state index in [4.69, 9.17) is 11.6 Å². The molecule has 5 heteroatoms. The van der Waals surface area contributed by atoms with E-state index < -0.39 is 0 Å². The molecule has 0 saturated heterocycles. The zero-order chi connectivity index (χ0) is 13.1. The van der Waals surface area contributed by atoms with E-state index in [2.05, 4.69) is 15.0 Å². The van der Waals surface area contributed by atoms with Gasteiger partial charge < -0.3 is 0 Å². The number of nitrogens with zero attached hydrogens (tertiary/aromatic N) is 3. The Balaban J connectivity index is 2.11. The Bertz CT molecular complexity index is 549. The summed E-state index contributed by atoms with van der Waals surface area (Å²) in [4.78, 5) is 13.2. The van der Waals surface area contributed by atoms with Crippen LogP contribution in [0.5, 0.6) is 0 Å². The normalized spacial score (nSPS) is 10.7. The van der Waals surface area contributed by atoms with Gasteiger partial charge >= 0.3 is 0 Å². The van der Waals surface area contributed by atoms with E-state index in [-0.39, 0.29) is 0 Å². The molecule has 0 spiro atoms. The van der Waals surface area contributed by atoms with Crippen molar-refractivity contribution < 1.29 is 0 Å². The molecule has 0 aromatic carbocycles. The third-order valence-electron chi connectivity index (χ3n) is 2.73. The third-order valence-corrected chi connectivity index (χ3v) is 3.83. The van der Waals surface area contributed by atoms with Gasteiger partial charge in [-0.05, 0) is 38.5 Å². The molecule has 0 aliphatic rings. The lowest BCUT2D eigenvalue weighted by Gasteiger charge is -2.06. The SMILES string of the molecule is Cc1nc(SCc2cccc(Cl)n2)nc(C)c1C. The van der Waals surface area contributed by atoms with Crippen molar-refractivity contribution in [1.29, 1.82) is 0 Å². The van der Waals surface area contributed by atoms with Crippen molar-refractivity contribution in [1.82, 2.24) is 15.0 Å². The highest BCUT2D eigenvalue weighted by atomic mass is 35.5. The summed E-state index contributed by atoms with van der Waals surface area (Å²) in [7, 11) is 0. The highest BCUT2D eigenvalue weighted by Gasteiger charge is 2.06. The molecule has 0 radical (unpaired) electrons. The van der Waals surface area contributed by atoms with Crippen molar-refractivity contribution in [2.24, 2.45) is 0 Å². The van der Waals surface area contributed by atoms with Crippen LogP contribution in [0, 0.1) is 20.8 Å². The van der Waals surface area contributed by atoms with Gasteiger partial charge in [0.05, 0.1) is 5.69 Å². The maximum atomic E-state index is 5.85. The van der Waals surface area contributed by atoms with E-state index in [1.165, 1.54) is 0 Å². The lowest BCUT2D eigenvalue weighted by molar-refractivity contribution is 0.880. The molecular formula is C13H14ClN3S. The van der Waals surface area contributed by atoms with Crippen molar-refractivity contribution in [2.75, 3.05) is 0 Å². The molecule has 0 saturated carbocycles. The highest BCUT2D eigenvalue weighted by Crippen LogP contribution is 2.21. The lowest BCUT2D eigenvalue weighted by Crippen LogP contribution is -1.98. The standard InChI is InChI=1S/C13H14ClN3S/c1-8-9(2)15-13(16-10(8)3)18-7-11-5-4-6-12(14)17-11/h4-6H,7H2,1-3H3. The second-order valence-electron chi connectivity index (χ2n) is 4.04. The largest absolute Gasteiger partial charge is 0.240 e. The molecule has 0 aliphatic carbocycles. The van der Waals surface area contributed by atoms with Gasteiger partial charge in [0.2, 0.25) is 0 Å². The molecular weight excluding hydrogens is 266 g/mol. The summed E-state index contributed by atoms with van der Waals surface area (Å²) in [5, 5.41) is 1.31. The van der Waals surface area contributed by atoms with Gasteiger partial charge in [-0.15, -0.1) is 0 Å². The van der Waals surface area contributed by atoms with Gasteiger partial charge in [0, 0.05) is 17.1 Å².